The number of hydrogen-bond donors (Lipinski definition) is 1. The van der Waals surface area contributed by atoms with Gasteiger partial charge in [0.25, 0.3) is 0 Å². The molecule has 0 saturated heterocycles. The highest BCUT2D eigenvalue weighted by atomic mass is 16.4. The van der Waals surface area contributed by atoms with Gasteiger partial charge in [0.05, 0.1) is 5.41 Å². The fourth-order valence-electron chi connectivity index (χ4n) is 10.7. The highest BCUT2D eigenvalue weighted by molar-refractivity contribution is 5.85. The number of fused-ring (bicyclic) bond motifs is 7. The zero-order valence-electron chi connectivity index (χ0n) is 22.1. The van der Waals surface area contributed by atoms with E-state index in [1.807, 2.05) is 0 Å². The van der Waals surface area contributed by atoms with Crippen LogP contribution in [-0.2, 0) is 9.59 Å². The molecule has 0 aliphatic heterocycles. The first-order valence-corrected chi connectivity index (χ1v) is 13.7. The van der Waals surface area contributed by atoms with Crippen molar-refractivity contribution in [1.29, 1.82) is 0 Å². The van der Waals surface area contributed by atoms with Crippen molar-refractivity contribution in [2.45, 2.75) is 106 Å². The molecule has 0 radical (unpaired) electrons. The third kappa shape index (κ3) is 2.69. The lowest BCUT2D eigenvalue weighted by atomic mass is 9.33. The summed E-state index contributed by atoms with van der Waals surface area (Å²) in [7, 11) is 0. The van der Waals surface area contributed by atoms with Crippen molar-refractivity contribution < 1.29 is 14.7 Å². The molecule has 0 aromatic rings. The molecular weight excluding hydrogens is 408 g/mol. The molecule has 3 heteroatoms. The number of ketones is 1. The molecule has 0 unspecified atom stereocenters. The lowest BCUT2D eigenvalue weighted by Crippen LogP contribution is -2.65. The summed E-state index contributed by atoms with van der Waals surface area (Å²) in [5.74, 6) is 2.10. The number of hydrogen-bond acceptors (Lipinski definition) is 2. The highest BCUT2D eigenvalue weighted by Gasteiger charge is 2.69. The number of Topliss-reactive ketones (excluding diaryl/α,β-unsaturated/α-hetero) is 1. The van der Waals surface area contributed by atoms with Crippen LogP contribution in [0.15, 0.2) is 11.6 Å². The molecule has 184 valence electrons. The molecule has 0 heterocycles. The van der Waals surface area contributed by atoms with Crippen LogP contribution in [-0.4, -0.2) is 16.9 Å². The van der Waals surface area contributed by atoms with Gasteiger partial charge < -0.3 is 5.11 Å². The Balaban J connectivity index is 1.62. The first-order valence-electron chi connectivity index (χ1n) is 13.7. The normalized spacial score (nSPS) is 53.1. The second-order valence-corrected chi connectivity index (χ2v) is 14.3. The van der Waals surface area contributed by atoms with E-state index in [4.69, 9.17) is 0 Å². The van der Waals surface area contributed by atoms with Crippen LogP contribution in [0.25, 0.3) is 0 Å². The molecule has 9 atom stereocenters. The zero-order valence-corrected chi connectivity index (χ0v) is 22.1. The van der Waals surface area contributed by atoms with Crippen LogP contribution in [0.1, 0.15) is 106 Å². The van der Waals surface area contributed by atoms with Crippen LogP contribution in [0.3, 0.4) is 0 Å². The fraction of sp³-hybridized carbons (Fsp3) is 0.867. The van der Waals surface area contributed by atoms with Crippen LogP contribution in [0.2, 0.25) is 0 Å². The smallest absolute Gasteiger partial charge is 0.310 e. The number of rotatable bonds is 1. The van der Waals surface area contributed by atoms with Gasteiger partial charge in [-0.2, -0.15) is 0 Å². The second kappa shape index (κ2) is 6.97. The number of carbonyl (C=O) groups excluding carboxylic acids is 1. The molecule has 0 spiro atoms. The topological polar surface area (TPSA) is 54.4 Å². The summed E-state index contributed by atoms with van der Waals surface area (Å²) in [5, 5.41) is 10.5. The van der Waals surface area contributed by atoms with Crippen molar-refractivity contribution in [3.63, 3.8) is 0 Å². The Morgan fingerprint density at radius 1 is 0.939 bits per heavy atom. The molecule has 1 N–H and O–H groups in total. The maximum Gasteiger partial charge on any atom is 0.310 e. The van der Waals surface area contributed by atoms with Crippen molar-refractivity contribution >= 4 is 11.8 Å². The van der Waals surface area contributed by atoms with Gasteiger partial charge >= 0.3 is 5.97 Å². The summed E-state index contributed by atoms with van der Waals surface area (Å²) >= 11 is 0. The van der Waals surface area contributed by atoms with Gasteiger partial charge in [0, 0.05) is 11.8 Å². The van der Waals surface area contributed by atoms with E-state index in [9.17, 15) is 14.7 Å². The van der Waals surface area contributed by atoms with Crippen LogP contribution in [0, 0.1) is 56.7 Å². The molecule has 5 rings (SSSR count). The van der Waals surface area contributed by atoms with Gasteiger partial charge in [-0.25, -0.2) is 0 Å². The Labute approximate surface area is 201 Å². The van der Waals surface area contributed by atoms with Gasteiger partial charge in [-0.1, -0.05) is 60.1 Å². The molecule has 5 aliphatic rings. The first-order chi connectivity index (χ1) is 15.3. The largest absolute Gasteiger partial charge is 0.481 e. The fourth-order valence-corrected chi connectivity index (χ4v) is 10.7. The minimum absolute atomic E-state index is 0.0600. The monoisotopic (exact) mass is 454 g/mol. The van der Waals surface area contributed by atoms with Gasteiger partial charge in [-0.05, 0) is 97.2 Å². The molecule has 0 aromatic heterocycles. The van der Waals surface area contributed by atoms with Crippen molar-refractivity contribution in [2.75, 3.05) is 0 Å². The Morgan fingerprint density at radius 3 is 2.30 bits per heavy atom. The molecular formula is C30H46O3. The van der Waals surface area contributed by atoms with Crippen molar-refractivity contribution in [3.05, 3.63) is 11.6 Å². The average Bonchev–Trinajstić information content (AvgIpc) is 2.74. The third-order valence-electron chi connectivity index (χ3n) is 13.2. The predicted molar refractivity (Wildman–Crippen MR) is 132 cm³/mol. The minimum Gasteiger partial charge on any atom is -0.481 e. The van der Waals surface area contributed by atoms with Crippen LogP contribution in [0.4, 0.5) is 0 Å². The number of allylic oxidation sites excluding steroid dienone is 2. The van der Waals surface area contributed by atoms with Crippen LogP contribution in [0.5, 0.6) is 0 Å². The number of carboxylic acids is 1. The molecule has 4 fully saturated rings. The number of carbonyl (C=O) groups is 2. The molecule has 33 heavy (non-hydrogen) atoms. The van der Waals surface area contributed by atoms with E-state index in [0.717, 1.165) is 51.4 Å². The summed E-state index contributed by atoms with van der Waals surface area (Å²) in [5.41, 5.74) is 1.12. The predicted octanol–water partition coefficient (Wildman–Crippen LogP) is 7.30. The van der Waals surface area contributed by atoms with Crippen molar-refractivity contribution in [1.82, 2.24) is 0 Å². The number of aliphatic carboxylic acids is 1. The zero-order chi connectivity index (χ0) is 24.2. The van der Waals surface area contributed by atoms with E-state index < -0.39 is 11.4 Å². The standard InChI is InChI=1S/C30H46O3/c1-18-10-15-30(25(32)33)17-16-28(6)20(24(30)19(18)2)8-9-22-27(5)13-12-23(31)26(3,4)21(27)11-14-29(22,28)7/h8,18-19,21-22,24H,9-17H2,1-7H3,(H,32,33)/t18-,19+,21+,22+,24+,27+,28-,29-,30+/m1/s1. The molecule has 0 aromatic carbocycles. The Bertz CT molecular complexity index is 916. The van der Waals surface area contributed by atoms with Crippen molar-refractivity contribution in [2.24, 2.45) is 56.7 Å². The maximum atomic E-state index is 12.9. The van der Waals surface area contributed by atoms with E-state index in [2.05, 4.69) is 54.5 Å². The lowest BCUT2D eigenvalue weighted by molar-refractivity contribution is -0.190. The van der Waals surface area contributed by atoms with E-state index in [1.54, 1.807) is 0 Å². The SMILES string of the molecule is C[C@H]1[C@H](C)CC[C@]2(C(=O)O)CC[C@]3(C)C(=CC[C@H]4[C@@]5(C)CCC(=O)C(C)(C)[C@@H]5CC[C@]43C)[C@H]12. The van der Waals surface area contributed by atoms with Gasteiger partial charge in [0.2, 0.25) is 0 Å². The van der Waals surface area contributed by atoms with E-state index in [1.165, 1.54) is 12.0 Å². The third-order valence-corrected chi connectivity index (χ3v) is 13.2. The Morgan fingerprint density at radius 2 is 1.64 bits per heavy atom. The molecule has 4 saturated carbocycles. The molecule has 5 aliphatic carbocycles. The first kappa shape index (κ1) is 23.6. The van der Waals surface area contributed by atoms with Gasteiger partial charge in [-0.3, -0.25) is 9.59 Å². The highest BCUT2D eigenvalue weighted by Crippen LogP contribution is 2.75. The van der Waals surface area contributed by atoms with E-state index in [0.29, 0.717) is 29.5 Å². The van der Waals surface area contributed by atoms with Gasteiger partial charge in [0.1, 0.15) is 5.78 Å². The van der Waals surface area contributed by atoms with E-state index >= 15 is 0 Å². The van der Waals surface area contributed by atoms with Gasteiger partial charge in [0.15, 0.2) is 0 Å². The quantitative estimate of drug-likeness (QED) is 0.423. The van der Waals surface area contributed by atoms with Gasteiger partial charge in [-0.15, -0.1) is 0 Å². The minimum atomic E-state index is -0.569. The maximum absolute atomic E-state index is 12.9. The Hall–Kier alpha value is -1.12. The summed E-state index contributed by atoms with van der Waals surface area (Å²) < 4.78 is 0. The average molecular weight is 455 g/mol. The number of carboxylic acid groups (broad SMARTS) is 1. The van der Waals surface area contributed by atoms with Crippen LogP contribution < -0.4 is 0 Å². The van der Waals surface area contributed by atoms with Crippen molar-refractivity contribution in [3.8, 4) is 0 Å². The van der Waals surface area contributed by atoms with E-state index in [-0.39, 0.29) is 27.6 Å². The lowest BCUT2D eigenvalue weighted by Gasteiger charge is -2.70. The van der Waals surface area contributed by atoms with Crippen LogP contribution >= 0.6 is 0 Å². The summed E-state index contributed by atoms with van der Waals surface area (Å²) in [4.78, 5) is 25.7. The Kier molecular flexibility index (Phi) is 4.99. The molecule has 3 nitrogen and oxygen atoms in total. The summed E-state index contributed by atoms with van der Waals surface area (Å²) in [6.07, 6.45) is 11.3. The molecule has 0 amide bonds. The molecule has 0 bridgehead atoms. The summed E-state index contributed by atoms with van der Waals surface area (Å²) in [6.45, 7) is 16.7. The second-order valence-electron chi connectivity index (χ2n) is 14.3. The summed E-state index contributed by atoms with van der Waals surface area (Å²) in [6, 6.07) is 0.